The van der Waals surface area contributed by atoms with Crippen molar-refractivity contribution in [2.45, 2.75) is 4.90 Å². The van der Waals surface area contributed by atoms with Crippen molar-refractivity contribution in [2.75, 3.05) is 11.6 Å². The van der Waals surface area contributed by atoms with E-state index in [9.17, 15) is 22.0 Å². The Hall–Kier alpha value is -2.54. The van der Waals surface area contributed by atoms with Crippen molar-refractivity contribution in [3.8, 4) is 0 Å². The molecule has 0 spiro atoms. The Morgan fingerprint density at radius 2 is 1.87 bits per heavy atom. The monoisotopic (exact) mass is 335 g/mol. The van der Waals surface area contributed by atoms with Gasteiger partial charge in [0.05, 0.1) is 16.2 Å². The van der Waals surface area contributed by atoms with Crippen LogP contribution in [0.15, 0.2) is 41.3 Å². The summed E-state index contributed by atoms with van der Waals surface area (Å²) in [4.78, 5) is 12.1. The van der Waals surface area contributed by atoms with Crippen LogP contribution in [-0.2, 0) is 14.6 Å². The van der Waals surface area contributed by atoms with E-state index in [0.29, 0.717) is 5.56 Å². The predicted octanol–water partition coefficient (Wildman–Crippen LogP) is 2.86. The van der Waals surface area contributed by atoms with Crippen molar-refractivity contribution in [1.29, 1.82) is 0 Å². The van der Waals surface area contributed by atoms with Crippen molar-refractivity contribution >= 4 is 33.1 Å². The molecule has 0 aliphatic carbocycles. The van der Waals surface area contributed by atoms with Crippen LogP contribution in [0.1, 0.15) is 11.1 Å². The van der Waals surface area contributed by atoms with Crippen molar-refractivity contribution in [3.05, 3.63) is 59.2 Å². The molecule has 7 heteroatoms. The number of halogens is 2. The van der Waals surface area contributed by atoms with E-state index in [0.717, 1.165) is 12.3 Å². The van der Waals surface area contributed by atoms with Gasteiger partial charge in [-0.3, -0.25) is 4.79 Å². The zero-order valence-electron chi connectivity index (χ0n) is 11.9. The number of benzene rings is 2. The van der Waals surface area contributed by atoms with E-state index in [1.807, 2.05) is 0 Å². The summed E-state index contributed by atoms with van der Waals surface area (Å²) in [5.74, 6) is -2.75. The Morgan fingerprint density at radius 1 is 1.13 bits per heavy atom. The van der Waals surface area contributed by atoms with Crippen molar-refractivity contribution in [1.82, 2.24) is 0 Å². The maximum absolute atomic E-state index is 14.0. The van der Waals surface area contributed by atoms with Gasteiger partial charge in [0.15, 0.2) is 21.5 Å². The summed E-state index contributed by atoms with van der Waals surface area (Å²) < 4.78 is 50.6. The maximum Gasteiger partial charge on any atom is 0.256 e. The van der Waals surface area contributed by atoms with Crippen LogP contribution < -0.4 is 5.32 Å². The van der Waals surface area contributed by atoms with Crippen LogP contribution in [0.4, 0.5) is 14.5 Å². The number of sulfone groups is 1. The molecule has 118 valence electrons. The van der Waals surface area contributed by atoms with Gasteiger partial charge in [0.1, 0.15) is 0 Å². The molecule has 0 radical (unpaired) electrons. The lowest BCUT2D eigenvalue weighted by Gasteiger charge is -2.03. The van der Waals surface area contributed by atoms with E-state index in [2.05, 4.69) is 5.32 Å². The van der Waals surface area contributed by atoms with Crippen molar-refractivity contribution in [2.24, 2.45) is 0 Å². The average molecular weight is 335 g/mol. The minimum Gasteiger partial charge on any atom is -0.321 e. The molecule has 0 aromatic heterocycles. The lowest BCUT2D eigenvalue weighted by atomic mass is 10.0. The van der Waals surface area contributed by atoms with Crippen LogP contribution in [-0.4, -0.2) is 20.6 Å². The van der Waals surface area contributed by atoms with Gasteiger partial charge < -0.3 is 5.32 Å². The van der Waals surface area contributed by atoms with Gasteiger partial charge in [-0.1, -0.05) is 12.1 Å². The van der Waals surface area contributed by atoms with E-state index in [-0.39, 0.29) is 21.7 Å². The predicted molar refractivity (Wildman–Crippen MR) is 82.4 cm³/mol. The summed E-state index contributed by atoms with van der Waals surface area (Å²) >= 11 is 0. The zero-order chi connectivity index (χ0) is 16.8. The second-order valence-corrected chi connectivity index (χ2v) is 7.16. The fourth-order valence-corrected chi connectivity index (χ4v) is 3.04. The number of hydrogen-bond donors (Lipinski definition) is 1. The molecular formula is C16H11F2NO3S. The number of carbonyl (C=O) groups is 1. The molecule has 1 aliphatic heterocycles. The zero-order valence-corrected chi connectivity index (χ0v) is 12.7. The Morgan fingerprint density at radius 3 is 2.57 bits per heavy atom. The second kappa shape index (κ2) is 5.27. The summed E-state index contributed by atoms with van der Waals surface area (Å²) in [6.07, 6.45) is 2.39. The fourth-order valence-electron chi connectivity index (χ4n) is 2.36. The molecule has 0 fully saturated rings. The quantitative estimate of drug-likeness (QED) is 0.859. The topological polar surface area (TPSA) is 63.2 Å². The lowest BCUT2D eigenvalue weighted by Crippen LogP contribution is -2.03. The van der Waals surface area contributed by atoms with E-state index in [1.165, 1.54) is 30.3 Å². The SMILES string of the molecule is CS(=O)(=O)c1cccc(C=C2C(=O)Nc3ccc(F)c(F)c32)c1. The highest BCUT2D eigenvalue weighted by molar-refractivity contribution is 7.90. The molecule has 0 saturated carbocycles. The smallest absolute Gasteiger partial charge is 0.256 e. The molecule has 0 unspecified atom stereocenters. The van der Waals surface area contributed by atoms with Gasteiger partial charge in [0, 0.05) is 11.8 Å². The third-order valence-electron chi connectivity index (χ3n) is 3.45. The van der Waals surface area contributed by atoms with Crippen LogP contribution in [0.5, 0.6) is 0 Å². The Bertz CT molecular complexity index is 965. The van der Waals surface area contributed by atoms with Gasteiger partial charge in [-0.15, -0.1) is 0 Å². The molecule has 23 heavy (non-hydrogen) atoms. The number of amides is 1. The largest absolute Gasteiger partial charge is 0.321 e. The summed E-state index contributed by atoms with van der Waals surface area (Å²) in [7, 11) is -3.41. The molecule has 1 aliphatic rings. The highest BCUT2D eigenvalue weighted by Crippen LogP contribution is 2.36. The van der Waals surface area contributed by atoms with Crippen LogP contribution in [0, 0.1) is 11.6 Å². The summed E-state index contributed by atoms with van der Waals surface area (Å²) in [6, 6.07) is 8.08. The summed E-state index contributed by atoms with van der Waals surface area (Å²) in [5, 5.41) is 2.45. The normalized spacial score (nSPS) is 15.6. The Kier molecular flexibility index (Phi) is 3.52. The first-order valence-electron chi connectivity index (χ1n) is 6.59. The number of carbonyl (C=O) groups excluding carboxylic acids is 1. The highest BCUT2D eigenvalue weighted by Gasteiger charge is 2.29. The van der Waals surface area contributed by atoms with Crippen LogP contribution in [0.2, 0.25) is 0 Å². The molecule has 2 aromatic carbocycles. The lowest BCUT2D eigenvalue weighted by molar-refractivity contribution is -0.110. The van der Waals surface area contributed by atoms with E-state index in [4.69, 9.17) is 0 Å². The number of nitrogens with one attached hydrogen (secondary N) is 1. The number of anilines is 1. The molecule has 1 N–H and O–H groups in total. The van der Waals surface area contributed by atoms with Gasteiger partial charge >= 0.3 is 0 Å². The van der Waals surface area contributed by atoms with E-state index >= 15 is 0 Å². The minimum absolute atomic E-state index is 0.0531. The standard InChI is InChI=1S/C16H11F2NO3S/c1-23(21,22)10-4-2-3-9(7-10)8-11-14-13(19-16(11)20)6-5-12(17)15(14)18/h2-8H,1H3,(H,19,20). The number of rotatable bonds is 2. The van der Waals surface area contributed by atoms with Gasteiger partial charge in [-0.2, -0.15) is 0 Å². The third kappa shape index (κ3) is 2.75. The molecule has 4 nitrogen and oxygen atoms in total. The number of hydrogen-bond acceptors (Lipinski definition) is 3. The number of fused-ring (bicyclic) bond motifs is 1. The van der Waals surface area contributed by atoms with E-state index < -0.39 is 27.4 Å². The van der Waals surface area contributed by atoms with Crippen LogP contribution in [0.25, 0.3) is 11.6 Å². The Labute approximate surface area is 131 Å². The first-order chi connectivity index (χ1) is 10.8. The molecule has 2 aromatic rings. The average Bonchev–Trinajstić information content (AvgIpc) is 2.79. The minimum atomic E-state index is -3.41. The first-order valence-corrected chi connectivity index (χ1v) is 8.48. The van der Waals surface area contributed by atoms with Gasteiger partial charge in [0.2, 0.25) is 0 Å². The summed E-state index contributed by atoms with van der Waals surface area (Å²) in [5.41, 5.74) is 0.372. The van der Waals surface area contributed by atoms with E-state index in [1.54, 1.807) is 6.07 Å². The fraction of sp³-hybridized carbons (Fsp3) is 0.0625. The first kappa shape index (κ1) is 15.4. The van der Waals surface area contributed by atoms with Crippen LogP contribution in [0.3, 0.4) is 0 Å². The molecular weight excluding hydrogens is 324 g/mol. The Balaban J connectivity index is 2.16. The molecule has 0 saturated heterocycles. The second-order valence-electron chi connectivity index (χ2n) is 5.14. The molecule has 1 amide bonds. The van der Waals surface area contributed by atoms with Gasteiger partial charge in [-0.05, 0) is 35.9 Å². The van der Waals surface area contributed by atoms with Crippen LogP contribution >= 0.6 is 0 Å². The van der Waals surface area contributed by atoms with Gasteiger partial charge in [0.25, 0.3) is 5.91 Å². The summed E-state index contributed by atoms with van der Waals surface area (Å²) in [6.45, 7) is 0. The molecule has 0 atom stereocenters. The molecule has 0 bridgehead atoms. The van der Waals surface area contributed by atoms with Crippen molar-refractivity contribution in [3.63, 3.8) is 0 Å². The van der Waals surface area contributed by atoms with Gasteiger partial charge in [-0.25, -0.2) is 17.2 Å². The third-order valence-corrected chi connectivity index (χ3v) is 4.56. The molecule has 3 rings (SSSR count). The maximum atomic E-state index is 14.0. The highest BCUT2D eigenvalue weighted by atomic mass is 32.2. The van der Waals surface area contributed by atoms with Crippen molar-refractivity contribution < 1.29 is 22.0 Å². The molecule has 1 heterocycles.